The first-order valence-electron chi connectivity index (χ1n) is 6.02. The van der Waals surface area contributed by atoms with Gasteiger partial charge in [-0.05, 0) is 30.8 Å². The van der Waals surface area contributed by atoms with Crippen molar-refractivity contribution in [3.05, 3.63) is 64.4 Å². The van der Waals surface area contributed by atoms with Gasteiger partial charge in [-0.25, -0.2) is 4.39 Å². The van der Waals surface area contributed by atoms with Crippen LogP contribution in [0.5, 0.6) is 5.75 Å². The Morgan fingerprint density at radius 2 is 1.95 bits per heavy atom. The van der Waals surface area contributed by atoms with Crippen molar-refractivity contribution >= 4 is 15.9 Å². The van der Waals surface area contributed by atoms with Crippen LogP contribution in [-0.4, -0.2) is 13.6 Å². The molecule has 1 atom stereocenters. The average molecular weight is 324 g/mol. The maximum Gasteiger partial charge on any atom is 0.166 e. The molecule has 2 aromatic rings. The zero-order valence-corrected chi connectivity index (χ0v) is 12.2. The average Bonchev–Trinajstić information content (AvgIpc) is 2.42. The van der Waals surface area contributed by atoms with E-state index in [9.17, 15) is 4.39 Å². The minimum absolute atomic E-state index is 0.220. The van der Waals surface area contributed by atoms with Crippen LogP contribution >= 0.6 is 15.9 Å². The smallest absolute Gasteiger partial charge is 0.166 e. The molecule has 1 unspecified atom stereocenters. The van der Waals surface area contributed by atoms with E-state index in [4.69, 9.17) is 4.74 Å². The molecule has 100 valence electrons. The molecule has 0 saturated heterocycles. The molecule has 1 N–H and O–H groups in total. The predicted molar refractivity (Wildman–Crippen MR) is 77.8 cm³/mol. The molecule has 0 radical (unpaired) electrons. The Morgan fingerprint density at radius 1 is 1.21 bits per heavy atom. The van der Waals surface area contributed by atoms with Crippen molar-refractivity contribution in [2.45, 2.75) is 6.10 Å². The van der Waals surface area contributed by atoms with E-state index in [-0.39, 0.29) is 17.7 Å². The number of nitrogens with one attached hydrogen (secondary N) is 1. The van der Waals surface area contributed by atoms with Gasteiger partial charge in [0.15, 0.2) is 11.6 Å². The van der Waals surface area contributed by atoms with Crippen LogP contribution in [0.3, 0.4) is 0 Å². The van der Waals surface area contributed by atoms with Gasteiger partial charge < -0.3 is 10.1 Å². The van der Waals surface area contributed by atoms with Gasteiger partial charge in [-0.15, -0.1) is 0 Å². The molecule has 0 aliphatic heterocycles. The fraction of sp³-hybridized carbons (Fsp3) is 0.200. The molecule has 2 aromatic carbocycles. The second-order valence-corrected chi connectivity index (χ2v) is 5.07. The summed E-state index contributed by atoms with van der Waals surface area (Å²) in [5.74, 6) is -0.112. The molecule has 0 aliphatic carbocycles. The SMILES string of the molecule is CNCC(Oc1ccc(Br)cc1F)c1ccccc1. The first-order valence-corrected chi connectivity index (χ1v) is 6.81. The number of rotatable bonds is 5. The zero-order valence-electron chi connectivity index (χ0n) is 10.6. The van der Waals surface area contributed by atoms with E-state index in [0.29, 0.717) is 11.0 Å². The molecule has 0 aromatic heterocycles. The highest BCUT2D eigenvalue weighted by atomic mass is 79.9. The molecule has 0 fully saturated rings. The highest BCUT2D eigenvalue weighted by Gasteiger charge is 2.14. The maximum atomic E-state index is 13.8. The summed E-state index contributed by atoms with van der Waals surface area (Å²) in [6, 6.07) is 14.6. The molecule has 0 bridgehead atoms. The largest absolute Gasteiger partial charge is 0.481 e. The van der Waals surface area contributed by atoms with Gasteiger partial charge in [0.1, 0.15) is 6.10 Å². The fourth-order valence-electron chi connectivity index (χ4n) is 1.80. The molecular formula is C15H15BrFNO. The van der Waals surface area contributed by atoms with Gasteiger partial charge in [0.25, 0.3) is 0 Å². The van der Waals surface area contributed by atoms with Gasteiger partial charge in [0, 0.05) is 11.0 Å². The number of hydrogen-bond acceptors (Lipinski definition) is 2. The second kappa shape index (κ2) is 6.68. The lowest BCUT2D eigenvalue weighted by molar-refractivity contribution is 0.196. The van der Waals surface area contributed by atoms with E-state index in [0.717, 1.165) is 5.56 Å². The third kappa shape index (κ3) is 3.78. The van der Waals surface area contributed by atoms with Crippen molar-refractivity contribution in [1.29, 1.82) is 0 Å². The second-order valence-electron chi connectivity index (χ2n) is 4.15. The van der Waals surface area contributed by atoms with Gasteiger partial charge >= 0.3 is 0 Å². The zero-order chi connectivity index (χ0) is 13.7. The summed E-state index contributed by atoms with van der Waals surface area (Å²) in [5, 5.41) is 3.06. The summed E-state index contributed by atoms with van der Waals surface area (Å²) in [7, 11) is 1.84. The highest BCUT2D eigenvalue weighted by molar-refractivity contribution is 9.10. The molecule has 2 rings (SSSR count). The Balaban J connectivity index is 2.21. The number of halogens is 2. The van der Waals surface area contributed by atoms with E-state index < -0.39 is 0 Å². The molecule has 0 aliphatic rings. The number of hydrogen-bond donors (Lipinski definition) is 1. The maximum absolute atomic E-state index is 13.8. The van der Waals surface area contributed by atoms with E-state index >= 15 is 0 Å². The van der Waals surface area contributed by atoms with E-state index in [1.807, 2.05) is 37.4 Å². The minimum atomic E-state index is -0.369. The number of ether oxygens (including phenoxy) is 1. The number of benzene rings is 2. The summed E-state index contributed by atoms with van der Waals surface area (Å²) in [6.45, 7) is 0.611. The molecule has 19 heavy (non-hydrogen) atoms. The standard InChI is InChI=1S/C15H15BrFNO/c1-18-10-15(11-5-3-2-4-6-11)19-14-8-7-12(16)9-13(14)17/h2-9,15,18H,10H2,1H3. The Morgan fingerprint density at radius 3 is 2.58 bits per heavy atom. The predicted octanol–water partition coefficient (Wildman–Crippen LogP) is 3.93. The molecule has 4 heteroatoms. The Labute approximate surface area is 120 Å². The van der Waals surface area contributed by atoms with Gasteiger partial charge in [-0.3, -0.25) is 0 Å². The van der Waals surface area contributed by atoms with Crippen LogP contribution in [0, 0.1) is 5.82 Å². The van der Waals surface area contributed by atoms with Crippen LogP contribution in [0.25, 0.3) is 0 Å². The van der Waals surface area contributed by atoms with Crippen molar-refractivity contribution in [2.24, 2.45) is 0 Å². The lowest BCUT2D eigenvalue weighted by Crippen LogP contribution is -2.22. The molecular weight excluding hydrogens is 309 g/mol. The van der Waals surface area contributed by atoms with E-state index in [2.05, 4.69) is 21.2 Å². The lowest BCUT2D eigenvalue weighted by atomic mass is 10.1. The summed E-state index contributed by atoms with van der Waals surface area (Å²) < 4.78 is 20.3. The van der Waals surface area contributed by atoms with Gasteiger partial charge in [-0.1, -0.05) is 46.3 Å². The van der Waals surface area contributed by atoms with Crippen LogP contribution < -0.4 is 10.1 Å². The van der Waals surface area contributed by atoms with Gasteiger partial charge in [0.05, 0.1) is 0 Å². The third-order valence-corrected chi connectivity index (χ3v) is 3.22. The Kier molecular flexibility index (Phi) is 4.93. The van der Waals surface area contributed by atoms with E-state index in [1.54, 1.807) is 12.1 Å². The normalized spacial score (nSPS) is 12.2. The van der Waals surface area contributed by atoms with Crippen molar-refractivity contribution in [1.82, 2.24) is 5.32 Å². The Hall–Kier alpha value is -1.39. The lowest BCUT2D eigenvalue weighted by Gasteiger charge is -2.19. The van der Waals surface area contributed by atoms with Gasteiger partial charge in [0.2, 0.25) is 0 Å². The van der Waals surface area contributed by atoms with Crippen molar-refractivity contribution in [3.63, 3.8) is 0 Å². The first-order chi connectivity index (χ1) is 9.20. The quantitative estimate of drug-likeness (QED) is 0.900. The topological polar surface area (TPSA) is 21.3 Å². The minimum Gasteiger partial charge on any atom is -0.481 e. The van der Waals surface area contributed by atoms with Crippen LogP contribution in [0.1, 0.15) is 11.7 Å². The summed E-state index contributed by atoms with van der Waals surface area (Å²) in [6.07, 6.45) is -0.220. The monoisotopic (exact) mass is 323 g/mol. The molecule has 0 spiro atoms. The van der Waals surface area contributed by atoms with Crippen LogP contribution in [-0.2, 0) is 0 Å². The molecule has 0 saturated carbocycles. The first kappa shape index (κ1) is 14.0. The third-order valence-electron chi connectivity index (χ3n) is 2.72. The van der Waals surface area contributed by atoms with Crippen LogP contribution in [0.15, 0.2) is 53.0 Å². The van der Waals surface area contributed by atoms with Crippen LogP contribution in [0.4, 0.5) is 4.39 Å². The highest BCUT2D eigenvalue weighted by Crippen LogP contribution is 2.26. The molecule has 0 heterocycles. The van der Waals surface area contributed by atoms with Crippen molar-refractivity contribution < 1.29 is 9.13 Å². The molecule has 2 nitrogen and oxygen atoms in total. The van der Waals surface area contributed by atoms with Crippen molar-refractivity contribution in [3.8, 4) is 5.75 Å². The summed E-state index contributed by atoms with van der Waals surface area (Å²) >= 11 is 3.23. The van der Waals surface area contributed by atoms with Gasteiger partial charge in [-0.2, -0.15) is 0 Å². The Bertz CT molecular complexity index is 533. The molecule has 0 amide bonds. The van der Waals surface area contributed by atoms with E-state index in [1.165, 1.54) is 6.07 Å². The summed E-state index contributed by atoms with van der Waals surface area (Å²) in [5.41, 5.74) is 1.01. The fourth-order valence-corrected chi connectivity index (χ4v) is 2.14. The summed E-state index contributed by atoms with van der Waals surface area (Å²) in [4.78, 5) is 0. The number of likely N-dealkylation sites (N-methyl/N-ethyl adjacent to an activating group) is 1. The van der Waals surface area contributed by atoms with Crippen molar-refractivity contribution in [2.75, 3.05) is 13.6 Å². The van der Waals surface area contributed by atoms with Crippen LogP contribution in [0.2, 0.25) is 0 Å².